The van der Waals surface area contributed by atoms with Gasteiger partial charge in [-0.2, -0.15) is 5.10 Å². The summed E-state index contributed by atoms with van der Waals surface area (Å²) in [7, 11) is 5.26. The Morgan fingerprint density at radius 2 is 1.74 bits per heavy atom. The van der Waals surface area contributed by atoms with Crippen molar-refractivity contribution >= 4 is 23.0 Å². The minimum atomic E-state index is 0.725. The molecule has 0 radical (unpaired) electrons. The van der Waals surface area contributed by atoms with Gasteiger partial charge in [-0.1, -0.05) is 0 Å². The maximum Gasteiger partial charge on any atom is 0.173 e. The van der Waals surface area contributed by atoms with Crippen molar-refractivity contribution in [2.75, 3.05) is 45.7 Å². The Balaban J connectivity index is 1.55. The standard InChI is InChI=1S/C19H27N5O2S/c1-14-15(12-20-22(14)2)13-23-5-7-24(8-6-23)19(27)21-16-9-17(25-3)11-18(10-16)26-4/h9-12H,5-8,13H2,1-4H3,(H,21,27). The Kier molecular flexibility index (Phi) is 6.18. The molecule has 0 atom stereocenters. The quantitative estimate of drug-likeness (QED) is 0.787. The van der Waals surface area contributed by atoms with E-state index in [4.69, 9.17) is 21.7 Å². The van der Waals surface area contributed by atoms with Crippen molar-refractivity contribution in [1.82, 2.24) is 19.6 Å². The highest BCUT2D eigenvalue weighted by Gasteiger charge is 2.20. The molecule has 0 amide bonds. The summed E-state index contributed by atoms with van der Waals surface area (Å²) >= 11 is 5.61. The molecule has 8 heteroatoms. The Hall–Kier alpha value is -2.32. The van der Waals surface area contributed by atoms with E-state index >= 15 is 0 Å². The van der Waals surface area contributed by atoms with Crippen LogP contribution in [0.3, 0.4) is 0 Å². The second-order valence-electron chi connectivity index (χ2n) is 6.67. The van der Waals surface area contributed by atoms with Gasteiger partial charge in [0.05, 0.1) is 20.4 Å². The lowest BCUT2D eigenvalue weighted by atomic mass is 10.2. The zero-order chi connectivity index (χ0) is 19.4. The molecule has 1 fully saturated rings. The van der Waals surface area contributed by atoms with Crippen molar-refractivity contribution in [3.63, 3.8) is 0 Å². The number of thiocarbonyl (C=S) groups is 1. The van der Waals surface area contributed by atoms with Gasteiger partial charge in [-0.25, -0.2) is 0 Å². The lowest BCUT2D eigenvalue weighted by molar-refractivity contribution is 0.176. The summed E-state index contributed by atoms with van der Waals surface area (Å²) in [6, 6.07) is 5.67. The maximum absolute atomic E-state index is 5.61. The number of aryl methyl sites for hydroxylation is 1. The molecule has 146 valence electrons. The number of ether oxygens (including phenoxy) is 2. The summed E-state index contributed by atoms with van der Waals surface area (Å²) in [5.41, 5.74) is 3.38. The van der Waals surface area contributed by atoms with E-state index in [0.29, 0.717) is 0 Å². The highest BCUT2D eigenvalue weighted by molar-refractivity contribution is 7.80. The molecule has 3 rings (SSSR count). The number of benzene rings is 1. The second-order valence-corrected chi connectivity index (χ2v) is 7.06. The lowest BCUT2D eigenvalue weighted by Crippen LogP contribution is -2.49. The van der Waals surface area contributed by atoms with Crippen LogP contribution < -0.4 is 14.8 Å². The summed E-state index contributed by atoms with van der Waals surface area (Å²) in [6.45, 7) is 6.77. The van der Waals surface area contributed by atoms with Gasteiger partial charge in [-0.15, -0.1) is 0 Å². The second kappa shape index (κ2) is 8.58. The first-order valence-electron chi connectivity index (χ1n) is 8.99. The zero-order valence-corrected chi connectivity index (χ0v) is 17.2. The molecular formula is C19H27N5O2S. The van der Waals surface area contributed by atoms with Crippen LogP contribution in [0, 0.1) is 6.92 Å². The van der Waals surface area contributed by atoms with E-state index < -0.39 is 0 Å². The molecule has 1 aromatic carbocycles. The number of anilines is 1. The van der Waals surface area contributed by atoms with Crippen LogP contribution in [0.2, 0.25) is 0 Å². The molecule has 2 aromatic rings. The van der Waals surface area contributed by atoms with Crippen LogP contribution >= 0.6 is 12.2 Å². The van der Waals surface area contributed by atoms with Crippen LogP contribution in [0.5, 0.6) is 11.5 Å². The van der Waals surface area contributed by atoms with E-state index in [1.165, 1.54) is 11.3 Å². The average molecular weight is 390 g/mol. The molecule has 1 aromatic heterocycles. The third kappa shape index (κ3) is 4.70. The number of aromatic nitrogens is 2. The number of hydrogen-bond donors (Lipinski definition) is 1. The molecule has 27 heavy (non-hydrogen) atoms. The van der Waals surface area contributed by atoms with Gasteiger partial charge in [-0.3, -0.25) is 9.58 Å². The van der Waals surface area contributed by atoms with Crippen LogP contribution in [0.25, 0.3) is 0 Å². The molecule has 1 N–H and O–H groups in total. The largest absolute Gasteiger partial charge is 0.497 e. The van der Waals surface area contributed by atoms with Gasteiger partial charge < -0.3 is 19.7 Å². The van der Waals surface area contributed by atoms with E-state index in [0.717, 1.165) is 55.0 Å². The fraction of sp³-hybridized carbons (Fsp3) is 0.474. The van der Waals surface area contributed by atoms with Crippen molar-refractivity contribution in [2.45, 2.75) is 13.5 Å². The Labute approximate surface area is 165 Å². The predicted octanol–water partition coefficient (Wildman–Crippen LogP) is 2.26. The predicted molar refractivity (Wildman–Crippen MR) is 111 cm³/mol. The lowest BCUT2D eigenvalue weighted by Gasteiger charge is -2.36. The van der Waals surface area contributed by atoms with Crippen LogP contribution in [0.1, 0.15) is 11.3 Å². The first-order chi connectivity index (χ1) is 13.0. The van der Waals surface area contributed by atoms with E-state index in [2.05, 4.69) is 27.1 Å². The van der Waals surface area contributed by atoms with Gasteiger partial charge >= 0.3 is 0 Å². The summed E-state index contributed by atoms with van der Waals surface area (Å²) < 4.78 is 12.6. The number of methoxy groups -OCH3 is 2. The Bertz CT molecular complexity index is 777. The molecule has 2 heterocycles. The Morgan fingerprint density at radius 3 is 2.26 bits per heavy atom. The zero-order valence-electron chi connectivity index (χ0n) is 16.4. The maximum atomic E-state index is 5.61. The number of nitrogens with one attached hydrogen (secondary N) is 1. The van der Waals surface area contributed by atoms with Crippen molar-refractivity contribution in [1.29, 1.82) is 0 Å². The van der Waals surface area contributed by atoms with Crippen LogP contribution in [0.4, 0.5) is 5.69 Å². The van der Waals surface area contributed by atoms with Gasteiger partial charge in [0.2, 0.25) is 0 Å². The SMILES string of the molecule is COc1cc(NC(=S)N2CCN(Cc3cnn(C)c3C)CC2)cc(OC)c1. The molecule has 0 spiro atoms. The highest BCUT2D eigenvalue weighted by Crippen LogP contribution is 2.26. The fourth-order valence-electron chi connectivity index (χ4n) is 3.13. The molecule has 7 nitrogen and oxygen atoms in total. The van der Waals surface area contributed by atoms with Crippen molar-refractivity contribution < 1.29 is 9.47 Å². The monoisotopic (exact) mass is 389 g/mol. The first-order valence-corrected chi connectivity index (χ1v) is 9.40. The number of nitrogens with zero attached hydrogens (tertiary/aromatic N) is 4. The van der Waals surface area contributed by atoms with Crippen molar-refractivity contribution in [3.05, 3.63) is 35.7 Å². The number of piperazine rings is 1. The minimum absolute atomic E-state index is 0.725. The van der Waals surface area contributed by atoms with Crippen molar-refractivity contribution in [3.8, 4) is 11.5 Å². The van der Waals surface area contributed by atoms with Gasteiger partial charge in [0.15, 0.2) is 5.11 Å². The van der Waals surface area contributed by atoms with E-state index in [-0.39, 0.29) is 0 Å². The van der Waals surface area contributed by atoms with Crippen LogP contribution in [0.15, 0.2) is 24.4 Å². The molecule has 1 aliphatic heterocycles. The summed E-state index contributed by atoms with van der Waals surface area (Å²) in [4.78, 5) is 4.64. The van der Waals surface area contributed by atoms with Gasteiger partial charge in [0, 0.05) is 74.9 Å². The fourth-order valence-corrected chi connectivity index (χ4v) is 3.43. The molecule has 0 unspecified atom stereocenters. The molecular weight excluding hydrogens is 362 g/mol. The summed E-state index contributed by atoms with van der Waals surface area (Å²) in [6.07, 6.45) is 1.96. The Morgan fingerprint density at radius 1 is 1.11 bits per heavy atom. The minimum Gasteiger partial charge on any atom is -0.497 e. The summed E-state index contributed by atoms with van der Waals surface area (Å²) in [5.74, 6) is 1.47. The molecule has 0 aliphatic carbocycles. The third-order valence-electron chi connectivity index (χ3n) is 4.99. The van der Waals surface area contributed by atoms with Crippen LogP contribution in [-0.4, -0.2) is 65.1 Å². The van der Waals surface area contributed by atoms with E-state index in [1.54, 1.807) is 14.2 Å². The molecule has 0 saturated carbocycles. The van der Waals surface area contributed by atoms with Gasteiger partial charge in [0.25, 0.3) is 0 Å². The van der Waals surface area contributed by atoms with Gasteiger partial charge in [-0.05, 0) is 19.1 Å². The van der Waals surface area contributed by atoms with Gasteiger partial charge in [0.1, 0.15) is 11.5 Å². The first kappa shape index (κ1) is 19.4. The number of hydrogen-bond acceptors (Lipinski definition) is 5. The van der Waals surface area contributed by atoms with E-state index in [1.807, 2.05) is 36.1 Å². The normalized spacial score (nSPS) is 14.9. The van der Waals surface area contributed by atoms with Crippen molar-refractivity contribution in [2.24, 2.45) is 7.05 Å². The number of rotatable bonds is 5. The van der Waals surface area contributed by atoms with Crippen LogP contribution in [-0.2, 0) is 13.6 Å². The third-order valence-corrected chi connectivity index (χ3v) is 5.35. The molecule has 1 saturated heterocycles. The topological polar surface area (TPSA) is 54.8 Å². The summed E-state index contributed by atoms with van der Waals surface area (Å²) in [5, 5.41) is 8.36. The average Bonchev–Trinajstić information content (AvgIpc) is 3.00. The molecule has 1 aliphatic rings. The smallest absolute Gasteiger partial charge is 0.173 e. The van der Waals surface area contributed by atoms with E-state index in [9.17, 15) is 0 Å². The highest BCUT2D eigenvalue weighted by atomic mass is 32.1. The molecule has 0 bridgehead atoms.